The number of nitrogens with zero attached hydrogens (tertiary/aromatic N) is 2. The van der Waals surface area contributed by atoms with E-state index in [2.05, 4.69) is 15.6 Å². The molecule has 0 atom stereocenters. The van der Waals surface area contributed by atoms with Gasteiger partial charge in [-0.3, -0.25) is 0 Å². The van der Waals surface area contributed by atoms with Crippen molar-refractivity contribution in [2.75, 3.05) is 24.9 Å². The summed E-state index contributed by atoms with van der Waals surface area (Å²) in [7, 11) is 3.20. The fourth-order valence-corrected chi connectivity index (χ4v) is 3.25. The molecule has 2 N–H and O–H groups in total. The molecule has 0 radical (unpaired) electrons. The molecule has 1 aromatic heterocycles. The van der Waals surface area contributed by atoms with Gasteiger partial charge in [-0.25, -0.2) is 9.97 Å². The van der Waals surface area contributed by atoms with Crippen LogP contribution in [0.25, 0.3) is 22.1 Å². The van der Waals surface area contributed by atoms with Crippen LogP contribution in [0.1, 0.15) is 5.56 Å². The Morgan fingerprint density at radius 3 is 1.86 bits per heavy atom. The molecule has 0 aliphatic heterocycles. The number of thiocarbonyl (C=S) groups is 1. The lowest BCUT2D eigenvalue weighted by Crippen LogP contribution is -2.19. The van der Waals surface area contributed by atoms with Gasteiger partial charge in [-0.15, -0.1) is 0 Å². The number of fused-ring (bicyclic) bond motifs is 2. The van der Waals surface area contributed by atoms with E-state index in [0.717, 1.165) is 33.4 Å². The van der Waals surface area contributed by atoms with Gasteiger partial charge >= 0.3 is 0 Å². The van der Waals surface area contributed by atoms with Crippen LogP contribution < -0.4 is 20.1 Å². The van der Waals surface area contributed by atoms with E-state index in [0.29, 0.717) is 16.6 Å². The van der Waals surface area contributed by atoms with Crippen LogP contribution in [0.15, 0.2) is 54.6 Å². The van der Waals surface area contributed by atoms with Gasteiger partial charge in [-0.1, -0.05) is 17.7 Å². The minimum atomic E-state index is 0.508. The number of aryl methyl sites for hydroxylation is 1. The van der Waals surface area contributed by atoms with Gasteiger partial charge in [0.15, 0.2) is 16.6 Å². The number of hydrogen-bond acceptors (Lipinski definition) is 5. The van der Waals surface area contributed by atoms with E-state index in [1.807, 2.05) is 61.5 Å². The molecule has 0 saturated heterocycles. The van der Waals surface area contributed by atoms with E-state index in [-0.39, 0.29) is 0 Å². The van der Waals surface area contributed by atoms with Crippen molar-refractivity contribution in [2.45, 2.75) is 6.92 Å². The van der Waals surface area contributed by atoms with E-state index >= 15 is 0 Å². The Morgan fingerprint density at radius 2 is 1.24 bits per heavy atom. The number of benzene rings is 3. The highest BCUT2D eigenvalue weighted by atomic mass is 32.1. The first-order valence-corrected chi connectivity index (χ1v) is 9.45. The van der Waals surface area contributed by atoms with Crippen LogP contribution >= 0.6 is 12.2 Å². The maximum absolute atomic E-state index is 5.42. The summed E-state index contributed by atoms with van der Waals surface area (Å²) in [6.07, 6.45) is 0. The number of methoxy groups -OCH3 is 2. The summed E-state index contributed by atoms with van der Waals surface area (Å²) in [5.41, 5.74) is 5.97. The van der Waals surface area contributed by atoms with Crippen molar-refractivity contribution in [2.24, 2.45) is 0 Å². The highest BCUT2D eigenvalue weighted by Gasteiger charge is 2.10. The summed E-state index contributed by atoms with van der Waals surface area (Å²) in [5.74, 6) is 1.24. The van der Waals surface area contributed by atoms with Crippen molar-refractivity contribution in [3.8, 4) is 11.5 Å². The predicted octanol–water partition coefficient (Wildman–Crippen LogP) is 4.92. The topological polar surface area (TPSA) is 68.3 Å². The van der Waals surface area contributed by atoms with E-state index < -0.39 is 0 Å². The molecule has 0 amide bonds. The van der Waals surface area contributed by atoms with Crippen molar-refractivity contribution in [1.29, 1.82) is 0 Å². The number of rotatable bonds is 4. The molecule has 4 aromatic rings. The summed E-state index contributed by atoms with van der Waals surface area (Å²) < 4.78 is 10.7. The van der Waals surface area contributed by atoms with Gasteiger partial charge in [0.2, 0.25) is 0 Å². The molecule has 4 rings (SSSR count). The zero-order valence-corrected chi connectivity index (χ0v) is 17.1. The minimum absolute atomic E-state index is 0.508. The highest BCUT2D eigenvalue weighted by Crippen LogP contribution is 2.31. The summed E-state index contributed by atoms with van der Waals surface area (Å²) >= 11 is 5.42. The zero-order chi connectivity index (χ0) is 20.4. The Hall–Kier alpha value is -3.45. The van der Waals surface area contributed by atoms with Crippen LogP contribution in [-0.4, -0.2) is 29.3 Å². The van der Waals surface area contributed by atoms with Crippen LogP contribution in [0.4, 0.5) is 11.4 Å². The van der Waals surface area contributed by atoms with Crippen LogP contribution in [0.5, 0.6) is 11.5 Å². The highest BCUT2D eigenvalue weighted by molar-refractivity contribution is 7.80. The second kappa shape index (κ2) is 7.89. The van der Waals surface area contributed by atoms with Crippen molar-refractivity contribution in [3.63, 3.8) is 0 Å². The lowest BCUT2D eigenvalue weighted by molar-refractivity contribution is 0.355. The molecule has 7 heteroatoms. The van der Waals surface area contributed by atoms with Crippen molar-refractivity contribution < 1.29 is 9.47 Å². The molecule has 6 nitrogen and oxygen atoms in total. The van der Waals surface area contributed by atoms with Crippen LogP contribution in [-0.2, 0) is 0 Å². The number of ether oxygens (including phenoxy) is 2. The maximum atomic E-state index is 5.42. The average Bonchev–Trinajstić information content (AvgIpc) is 2.72. The van der Waals surface area contributed by atoms with Gasteiger partial charge in [0, 0.05) is 23.5 Å². The second-order valence-corrected chi connectivity index (χ2v) is 6.98. The van der Waals surface area contributed by atoms with E-state index in [4.69, 9.17) is 26.7 Å². The average molecular weight is 404 g/mol. The summed E-state index contributed by atoms with van der Waals surface area (Å²) in [4.78, 5) is 9.41. The van der Waals surface area contributed by atoms with Gasteiger partial charge in [-0.05, 0) is 49.5 Å². The molecule has 0 aliphatic rings. The molecular weight excluding hydrogens is 384 g/mol. The molecular formula is C22H20N4O2S. The summed E-state index contributed by atoms with van der Waals surface area (Å²) in [6, 6.07) is 17.4. The van der Waals surface area contributed by atoms with Crippen LogP contribution in [0, 0.1) is 6.92 Å². The largest absolute Gasteiger partial charge is 0.493 e. The maximum Gasteiger partial charge on any atom is 0.175 e. The molecule has 0 bridgehead atoms. The number of nitrogens with one attached hydrogen (secondary N) is 2. The molecule has 1 heterocycles. The standard InChI is InChI=1S/C22H20N4O2S/c1-13-4-6-14(7-5-13)23-22(29)24-15-8-9-16-17(10-15)26-19-12-21(28-3)20(27-2)11-18(19)25-16/h4-12H,1-3H3,(H2,23,24,29). The fourth-order valence-electron chi connectivity index (χ4n) is 3.01. The molecule has 0 spiro atoms. The fraction of sp³-hybridized carbons (Fsp3) is 0.136. The Labute approximate surface area is 173 Å². The smallest absolute Gasteiger partial charge is 0.175 e. The lowest BCUT2D eigenvalue weighted by atomic mass is 10.2. The van der Waals surface area contributed by atoms with Gasteiger partial charge in [0.1, 0.15) is 0 Å². The summed E-state index contributed by atoms with van der Waals surface area (Å²) in [5, 5.41) is 6.88. The van der Waals surface area contributed by atoms with Crippen LogP contribution in [0.2, 0.25) is 0 Å². The quantitative estimate of drug-likeness (QED) is 0.370. The Morgan fingerprint density at radius 1 is 0.724 bits per heavy atom. The third-order valence-corrected chi connectivity index (χ3v) is 4.71. The van der Waals surface area contributed by atoms with Gasteiger partial charge < -0.3 is 20.1 Å². The number of anilines is 2. The Bertz CT molecular complexity index is 1210. The van der Waals surface area contributed by atoms with Gasteiger partial charge in [-0.2, -0.15) is 0 Å². The SMILES string of the molecule is COc1cc2nc3ccc(NC(=S)Nc4ccc(C)cc4)cc3nc2cc1OC. The summed E-state index contributed by atoms with van der Waals surface area (Å²) in [6.45, 7) is 2.05. The molecule has 0 fully saturated rings. The Kier molecular flexibility index (Phi) is 5.14. The lowest BCUT2D eigenvalue weighted by Gasteiger charge is -2.12. The van der Waals surface area contributed by atoms with E-state index in [9.17, 15) is 0 Å². The minimum Gasteiger partial charge on any atom is -0.493 e. The molecule has 0 aliphatic carbocycles. The number of aromatic nitrogens is 2. The molecule has 0 unspecified atom stereocenters. The Balaban J connectivity index is 1.61. The van der Waals surface area contributed by atoms with E-state index in [1.54, 1.807) is 14.2 Å². The first-order chi connectivity index (χ1) is 14.1. The predicted molar refractivity (Wildman–Crippen MR) is 121 cm³/mol. The number of hydrogen-bond donors (Lipinski definition) is 2. The molecule has 3 aromatic carbocycles. The zero-order valence-electron chi connectivity index (χ0n) is 16.3. The second-order valence-electron chi connectivity index (χ2n) is 6.57. The monoisotopic (exact) mass is 404 g/mol. The molecule has 146 valence electrons. The first kappa shape index (κ1) is 18.9. The van der Waals surface area contributed by atoms with E-state index in [1.165, 1.54) is 5.56 Å². The van der Waals surface area contributed by atoms with Crippen LogP contribution in [0.3, 0.4) is 0 Å². The molecule has 29 heavy (non-hydrogen) atoms. The van der Waals surface area contributed by atoms with Crippen molar-refractivity contribution in [3.05, 3.63) is 60.2 Å². The third-order valence-electron chi connectivity index (χ3n) is 4.51. The van der Waals surface area contributed by atoms with Gasteiger partial charge in [0.25, 0.3) is 0 Å². The van der Waals surface area contributed by atoms with Gasteiger partial charge in [0.05, 0.1) is 36.3 Å². The third kappa shape index (κ3) is 4.05. The first-order valence-electron chi connectivity index (χ1n) is 9.04. The normalized spacial score (nSPS) is 10.7. The molecule has 0 saturated carbocycles. The van der Waals surface area contributed by atoms with Crippen molar-refractivity contribution >= 4 is 50.8 Å². The van der Waals surface area contributed by atoms with Crippen molar-refractivity contribution in [1.82, 2.24) is 9.97 Å².